The molecule has 1 saturated carbocycles. The van der Waals surface area contributed by atoms with E-state index in [1.165, 1.54) is 31.7 Å². The minimum atomic E-state index is -0.801. The van der Waals surface area contributed by atoms with Gasteiger partial charge in [0.2, 0.25) is 0 Å². The van der Waals surface area contributed by atoms with E-state index in [0.29, 0.717) is 18.5 Å². The molecule has 0 heterocycles. The smallest absolute Gasteiger partial charge is 0.191 e. The third-order valence-corrected chi connectivity index (χ3v) is 5.14. The van der Waals surface area contributed by atoms with Crippen molar-refractivity contribution in [3.8, 4) is 0 Å². The van der Waals surface area contributed by atoms with Crippen molar-refractivity contribution in [2.24, 2.45) is 10.4 Å². The average molecular weight is 367 g/mol. The molecular weight excluding hydrogens is 336 g/mol. The van der Waals surface area contributed by atoms with Crippen LogP contribution in [-0.4, -0.2) is 39.3 Å². The summed E-state index contributed by atoms with van der Waals surface area (Å²) >= 11 is 0. The number of methoxy groups -OCH3 is 1. The minimum absolute atomic E-state index is 0.229. The molecule has 0 spiro atoms. The Morgan fingerprint density at radius 2 is 2.00 bits per heavy atom. The first-order valence-electron chi connectivity index (χ1n) is 9.54. The molecule has 0 saturated heterocycles. The number of ether oxygens (including phenoxy) is 1. The van der Waals surface area contributed by atoms with E-state index in [-0.39, 0.29) is 5.41 Å². The lowest BCUT2D eigenvalue weighted by Crippen LogP contribution is -2.39. The molecule has 0 radical (unpaired) electrons. The van der Waals surface area contributed by atoms with E-state index >= 15 is 0 Å². The standard InChI is InChI=1S/C20H31F2N3O/c1-3-23-19(24-13-9-16-7-6-8-17(21)18(16)22)25-15-20(12-14-26-2)10-4-5-11-20/h6-8H,3-5,9-15H2,1-2H3,(H2,23,24,25). The quantitative estimate of drug-likeness (QED) is 0.517. The van der Waals surface area contributed by atoms with Gasteiger partial charge in [-0.2, -0.15) is 0 Å². The predicted octanol–water partition coefficient (Wildman–Crippen LogP) is 3.66. The zero-order valence-corrected chi connectivity index (χ0v) is 15.9. The number of aliphatic imine (C=N–C) groups is 1. The Bertz CT molecular complexity index is 586. The van der Waals surface area contributed by atoms with Crippen molar-refractivity contribution in [1.29, 1.82) is 0 Å². The second kappa shape index (κ2) is 10.5. The van der Waals surface area contributed by atoms with Gasteiger partial charge >= 0.3 is 0 Å². The maximum Gasteiger partial charge on any atom is 0.191 e. The van der Waals surface area contributed by atoms with Crippen molar-refractivity contribution >= 4 is 5.96 Å². The van der Waals surface area contributed by atoms with Gasteiger partial charge in [0, 0.05) is 33.4 Å². The normalized spacial score (nSPS) is 16.7. The second-order valence-corrected chi connectivity index (χ2v) is 7.03. The van der Waals surface area contributed by atoms with Crippen LogP contribution in [0.3, 0.4) is 0 Å². The van der Waals surface area contributed by atoms with Crippen molar-refractivity contribution < 1.29 is 13.5 Å². The van der Waals surface area contributed by atoms with Crippen LogP contribution in [-0.2, 0) is 11.2 Å². The second-order valence-electron chi connectivity index (χ2n) is 7.03. The number of rotatable bonds is 9. The van der Waals surface area contributed by atoms with Gasteiger partial charge in [0.15, 0.2) is 17.6 Å². The molecule has 146 valence electrons. The third kappa shape index (κ3) is 5.94. The molecule has 0 aliphatic heterocycles. The molecule has 1 aromatic carbocycles. The maximum atomic E-state index is 13.7. The van der Waals surface area contributed by atoms with Gasteiger partial charge in [-0.1, -0.05) is 25.0 Å². The Hall–Kier alpha value is -1.69. The highest BCUT2D eigenvalue weighted by Crippen LogP contribution is 2.41. The Morgan fingerprint density at radius 3 is 2.69 bits per heavy atom. The number of hydrogen-bond donors (Lipinski definition) is 2. The third-order valence-electron chi connectivity index (χ3n) is 5.14. The van der Waals surface area contributed by atoms with Crippen LogP contribution in [0.2, 0.25) is 0 Å². The van der Waals surface area contributed by atoms with Gasteiger partial charge in [0.05, 0.1) is 0 Å². The minimum Gasteiger partial charge on any atom is -0.385 e. The number of halogens is 2. The van der Waals surface area contributed by atoms with Crippen LogP contribution >= 0.6 is 0 Å². The van der Waals surface area contributed by atoms with Gasteiger partial charge in [-0.05, 0) is 49.7 Å². The monoisotopic (exact) mass is 367 g/mol. The molecule has 0 bridgehead atoms. The number of guanidine groups is 1. The molecule has 1 fully saturated rings. The molecule has 0 unspecified atom stereocenters. The molecule has 1 aliphatic carbocycles. The van der Waals surface area contributed by atoms with Crippen LogP contribution in [0.4, 0.5) is 8.78 Å². The van der Waals surface area contributed by atoms with Crippen LogP contribution in [0.15, 0.2) is 23.2 Å². The van der Waals surface area contributed by atoms with Crippen molar-refractivity contribution in [2.75, 3.05) is 33.4 Å². The van der Waals surface area contributed by atoms with Crippen molar-refractivity contribution in [3.63, 3.8) is 0 Å². The summed E-state index contributed by atoms with van der Waals surface area (Å²) in [5, 5.41) is 6.46. The first kappa shape index (κ1) is 20.6. The van der Waals surface area contributed by atoms with E-state index in [4.69, 9.17) is 9.73 Å². The lowest BCUT2D eigenvalue weighted by Gasteiger charge is -2.27. The first-order valence-corrected chi connectivity index (χ1v) is 9.54. The molecule has 1 aliphatic rings. The highest BCUT2D eigenvalue weighted by atomic mass is 19.2. The van der Waals surface area contributed by atoms with Gasteiger partial charge in [0.25, 0.3) is 0 Å². The summed E-state index contributed by atoms with van der Waals surface area (Å²) in [7, 11) is 1.74. The van der Waals surface area contributed by atoms with Crippen LogP contribution in [0.5, 0.6) is 0 Å². The summed E-state index contributed by atoms with van der Waals surface area (Å²) in [6.45, 7) is 4.79. The summed E-state index contributed by atoms with van der Waals surface area (Å²) < 4.78 is 32.3. The maximum absolute atomic E-state index is 13.7. The number of hydrogen-bond acceptors (Lipinski definition) is 2. The first-order chi connectivity index (χ1) is 12.6. The number of benzene rings is 1. The summed E-state index contributed by atoms with van der Waals surface area (Å²) in [5.41, 5.74) is 0.605. The zero-order valence-electron chi connectivity index (χ0n) is 15.9. The van der Waals surface area contributed by atoms with Gasteiger partial charge in [-0.25, -0.2) is 8.78 Å². The van der Waals surface area contributed by atoms with E-state index in [2.05, 4.69) is 10.6 Å². The van der Waals surface area contributed by atoms with Crippen LogP contribution < -0.4 is 10.6 Å². The van der Waals surface area contributed by atoms with Gasteiger partial charge < -0.3 is 15.4 Å². The molecule has 0 atom stereocenters. The Morgan fingerprint density at radius 1 is 1.23 bits per heavy atom. The van der Waals surface area contributed by atoms with Crippen molar-refractivity contribution in [1.82, 2.24) is 10.6 Å². The molecule has 1 aromatic rings. The molecule has 0 aromatic heterocycles. The van der Waals surface area contributed by atoms with Gasteiger partial charge in [-0.15, -0.1) is 0 Å². The summed E-state index contributed by atoms with van der Waals surface area (Å²) in [6.07, 6.45) is 6.31. The predicted molar refractivity (Wildman–Crippen MR) is 101 cm³/mol. The van der Waals surface area contributed by atoms with E-state index in [0.717, 1.165) is 38.1 Å². The van der Waals surface area contributed by atoms with Gasteiger partial charge in [0.1, 0.15) is 0 Å². The Balaban J connectivity index is 1.92. The topological polar surface area (TPSA) is 45.7 Å². The van der Waals surface area contributed by atoms with E-state index in [1.54, 1.807) is 13.2 Å². The van der Waals surface area contributed by atoms with E-state index < -0.39 is 11.6 Å². The molecule has 2 N–H and O–H groups in total. The lowest BCUT2D eigenvalue weighted by atomic mass is 9.83. The molecule has 6 heteroatoms. The van der Waals surface area contributed by atoms with E-state index in [1.807, 2.05) is 6.92 Å². The molecular formula is C20H31F2N3O. The highest BCUT2D eigenvalue weighted by Gasteiger charge is 2.33. The number of nitrogens with zero attached hydrogens (tertiary/aromatic N) is 1. The Labute approximate surface area is 155 Å². The van der Waals surface area contributed by atoms with E-state index in [9.17, 15) is 8.78 Å². The van der Waals surface area contributed by atoms with Crippen LogP contribution in [0.25, 0.3) is 0 Å². The van der Waals surface area contributed by atoms with Gasteiger partial charge in [-0.3, -0.25) is 4.99 Å². The SMILES string of the molecule is CCNC(=NCC1(CCOC)CCCC1)NCCc1cccc(F)c1F. The largest absolute Gasteiger partial charge is 0.385 e. The zero-order chi connectivity index (χ0) is 18.8. The fourth-order valence-corrected chi connectivity index (χ4v) is 3.58. The summed E-state index contributed by atoms with van der Waals surface area (Å²) in [6, 6.07) is 4.29. The summed E-state index contributed by atoms with van der Waals surface area (Å²) in [4.78, 5) is 4.76. The average Bonchev–Trinajstić information content (AvgIpc) is 3.11. The molecule has 4 nitrogen and oxygen atoms in total. The fraction of sp³-hybridized carbons (Fsp3) is 0.650. The fourth-order valence-electron chi connectivity index (χ4n) is 3.58. The van der Waals surface area contributed by atoms with Crippen LogP contribution in [0.1, 0.15) is 44.6 Å². The van der Waals surface area contributed by atoms with Crippen molar-refractivity contribution in [2.45, 2.75) is 45.4 Å². The molecule has 2 rings (SSSR count). The van der Waals surface area contributed by atoms with Crippen LogP contribution in [0, 0.1) is 17.0 Å². The molecule has 26 heavy (non-hydrogen) atoms. The lowest BCUT2D eigenvalue weighted by molar-refractivity contribution is 0.141. The molecule has 0 amide bonds. The van der Waals surface area contributed by atoms with Crippen molar-refractivity contribution in [3.05, 3.63) is 35.4 Å². The Kier molecular flexibility index (Phi) is 8.29. The summed E-state index contributed by atoms with van der Waals surface area (Å²) in [5.74, 6) is -0.835. The number of nitrogens with one attached hydrogen (secondary N) is 2. The highest BCUT2D eigenvalue weighted by molar-refractivity contribution is 5.79.